The zero-order chi connectivity index (χ0) is 9.68. The molecule has 1 aromatic heterocycles. The number of pyridine rings is 1. The fourth-order valence-corrected chi connectivity index (χ4v) is 1.11. The molecule has 1 rings (SSSR count). The van der Waals surface area contributed by atoms with Crippen molar-refractivity contribution < 1.29 is 5.11 Å². The molecule has 0 fully saturated rings. The van der Waals surface area contributed by atoms with E-state index >= 15 is 0 Å². The van der Waals surface area contributed by atoms with Gasteiger partial charge in [-0.2, -0.15) is 5.26 Å². The molecule has 0 aliphatic rings. The van der Waals surface area contributed by atoms with Crippen LogP contribution >= 0.6 is 0 Å². The van der Waals surface area contributed by atoms with E-state index in [9.17, 15) is 0 Å². The van der Waals surface area contributed by atoms with E-state index in [2.05, 4.69) is 4.98 Å². The lowest BCUT2D eigenvalue weighted by molar-refractivity contribution is 0.279. The molecule has 0 bridgehead atoms. The summed E-state index contributed by atoms with van der Waals surface area (Å²) in [4.78, 5) is 4.03. The van der Waals surface area contributed by atoms with E-state index < -0.39 is 6.04 Å². The van der Waals surface area contributed by atoms with E-state index in [1.165, 1.54) is 0 Å². The van der Waals surface area contributed by atoms with Gasteiger partial charge in [-0.15, -0.1) is 0 Å². The Morgan fingerprint density at radius 1 is 1.69 bits per heavy atom. The quantitative estimate of drug-likeness (QED) is 0.703. The van der Waals surface area contributed by atoms with Crippen LogP contribution in [-0.4, -0.2) is 10.1 Å². The van der Waals surface area contributed by atoms with E-state index in [-0.39, 0.29) is 13.0 Å². The van der Waals surface area contributed by atoms with Gasteiger partial charge in [0.15, 0.2) is 0 Å². The molecule has 0 saturated heterocycles. The highest BCUT2D eigenvalue weighted by Gasteiger charge is 2.10. The maximum Gasteiger partial charge on any atom is 0.0700 e. The second kappa shape index (κ2) is 4.55. The Kier molecular flexibility index (Phi) is 3.38. The second-order valence-electron chi connectivity index (χ2n) is 2.67. The van der Waals surface area contributed by atoms with Crippen LogP contribution < -0.4 is 5.73 Å². The van der Waals surface area contributed by atoms with Crippen molar-refractivity contribution >= 4 is 0 Å². The van der Waals surface area contributed by atoms with Gasteiger partial charge >= 0.3 is 0 Å². The number of hydrogen-bond acceptors (Lipinski definition) is 4. The average Bonchev–Trinajstić information content (AvgIpc) is 2.18. The predicted octanol–water partition coefficient (Wildman–Crippen LogP) is 0.487. The van der Waals surface area contributed by atoms with Crippen molar-refractivity contribution in [2.45, 2.75) is 19.1 Å². The summed E-state index contributed by atoms with van der Waals surface area (Å²) in [6.45, 7) is -0.0949. The molecule has 0 radical (unpaired) electrons. The van der Waals surface area contributed by atoms with Gasteiger partial charge in [0.1, 0.15) is 0 Å². The lowest BCUT2D eigenvalue weighted by Gasteiger charge is -2.10. The maximum absolute atomic E-state index is 8.96. The average molecular weight is 177 g/mol. The first-order chi connectivity index (χ1) is 6.29. The summed E-state index contributed by atoms with van der Waals surface area (Å²) in [5.41, 5.74) is 6.97. The van der Waals surface area contributed by atoms with Gasteiger partial charge in [0.2, 0.25) is 0 Å². The van der Waals surface area contributed by atoms with Crippen LogP contribution in [0.25, 0.3) is 0 Å². The minimum absolute atomic E-state index is 0.0949. The van der Waals surface area contributed by atoms with Crippen molar-refractivity contribution in [2.75, 3.05) is 0 Å². The molecule has 1 atom stereocenters. The first-order valence-corrected chi connectivity index (χ1v) is 3.96. The van der Waals surface area contributed by atoms with E-state index in [4.69, 9.17) is 16.1 Å². The smallest absolute Gasteiger partial charge is 0.0700 e. The number of hydrogen-bond donors (Lipinski definition) is 2. The summed E-state index contributed by atoms with van der Waals surface area (Å²) in [6.07, 6.45) is 1.82. The monoisotopic (exact) mass is 177 g/mol. The molecule has 3 N–H and O–H groups in total. The summed E-state index contributed by atoms with van der Waals surface area (Å²) in [5, 5.41) is 17.4. The van der Waals surface area contributed by atoms with Crippen LogP contribution in [0, 0.1) is 11.3 Å². The molecular weight excluding hydrogens is 166 g/mol. The minimum Gasteiger partial charge on any atom is -0.392 e. The highest BCUT2D eigenvalue weighted by Crippen LogP contribution is 2.15. The lowest BCUT2D eigenvalue weighted by Crippen LogP contribution is -2.13. The number of nitriles is 1. The summed E-state index contributed by atoms with van der Waals surface area (Å²) >= 11 is 0. The van der Waals surface area contributed by atoms with Gasteiger partial charge < -0.3 is 10.8 Å². The topological polar surface area (TPSA) is 82.9 Å². The van der Waals surface area contributed by atoms with E-state index in [0.29, 0.717) is 11.3 Å². The maximum atomic E-state index is 8.96. The third kappa shape index (κ3) is 2.25. The van der Waals surface area contributed by atoms with Gasteiger partial charge in [0.05, 0.1) is 30.8 Å². The first-order valence-electron chi connectivity index (χ1n) is 3.96. The van der Waals surface area contributed by atoms with Crippen molar-refractivity contribution in [1.82, 2.24) is 4.98 Å². The minimum atomic E-state index is -0.409. The predicted molar refractivity (Wildman–Crippen MR) is 47.3 cm³/mol. The van der Waals surface area contributed by atoms with Crippen LogP contribution in [-0.2, 0) is 6.61 Å². The van der Waals surface area contributed by atoms with Crippen molar-refractivity contribution in [3.8, 4) is 6.07 Å². The first kappa shape index (κ1) is 9.65. The number of aliphatic hydroxyl groups is 1. The van der Waals surface area contributed by atoms with Crippen molar-refractivity contribution in [3.63, 3.8) is 0 Å². The van der Waals surface area contributed by atoms with Gasteiger partial charge in [-0.05, 0) is 6.07 Å². The Morgan fingerprint density at radius 2 is 2.46 bits per heavy atom. The van der Waals surface area contributed by atoms with Crippen molar-refractivity contribution in [3.05, 3.63) is 29.6 Å². The molecular formula is C9H11N3O. The molecule has 0 amide bonds. The summed E-state index contributed by atoms with van der Waals surface area (Å²) in [6, 6.07) is 5.04. The third-order valence-corrected chi connectivity index (χ3v) is 1.76. The van der Waals surface area contributed by atoms with Crippen LogP contribution in [0.5, 0.6) is 0 Å². The molecule has 0 aliphatic carbocycles. The molecule has 0 saturated carbocycles. The normalized spacial score (nSPS) is 12.1. The lowest BCUT2D eigenvalue weighted by atomic mass is 10.1. The standard InChI is InChI=1S/C9H11N3O/c10-4-3-8(11)9-7(6-13)2-1-5-12-9/h1-2,5,8,13H,3,6,11H2/t8-/m1/s1. The molecule has 4 nitrogen and oxygen atoms in total. The summed E-state index contributed by atoms with van der Waals surface area (Å²) in [7, 11) is 0. The zero-order valence-corrected chi connectivity index (χ0v) is 7.14. The van der Waals surface area contributed by atoms with Gasteiger partial charge in [0.25, 0.3) is 0 Å². The molecule has 1 aromatic rings. The molecule has 68 valence electrons. The largest absolute Gasteiger partial charge is 0.392 e. The van der Waals surface area contributed by atoms with Gasteiger partial charge in [-0.1, -0.05) is 6.07 Å². The SMILES string of the molecule is N#CC[C@@H](N)c1ncccc1CO. The number of rotatable bonds is 3. The van der Waals surface area contributed by atoms with Crippen molar-refractivity contribution in [2.24, 2.45) is 5.73 Å². The van der Waals surface area contributed by atoms with E-state index in [1.807, 2.05) is 6.07 Å². The highest BCUT2D eigenvalue weighted by molar-refractivity contribution is 5.22. The number of nitrogens with zero attached hydrogens (tertiary/aromatic N) is 2. The Morgan fingerprint density at radius 3 is 3.08 bits per heavy atom. The Labute approximate surface area is 76.6 Å². The zero-order valence-electron chi connectivity index (χ0n) is 7.14. The number of aliphatic hydroxyl groups excluding tert-OH is 1. The highest BCUT2D eigenvalue weighted by atomic mass is 16.3. The number of nitrogens with two attached hydrogens (primary N) is 1. The molecule has 13 heavy (non-hydrogen) atoms. The molecule has 0 spiro atoms. The van der Waals surface area contributed by atoms with Crippen LogP contribution in [0.4, 0.5) is 0 Å². The van der Waals surface area contributed by atoms with E-state index in [0.717, 1.165) is 0 Å². The molecule has 0 aromatic carbocycles. The fraction of sp³-hybridized carbons (Fsp3) is 0.333. The number of aromatic nitrogens is 1. The second-order valence-corrected chi connectivity index (χ2v) is 2.67. The molecule has 1 heterocycles. The fourth-order valence-electron chi connectivity index (χ4n) is 1.11. The summed E-state index contributed by atoms with van der Waals surface area (Å²) in [5.74, 6) is 0. The van der Waals surface area contributed by atoms with Gasteiger partial charge in [0, 0.05) is 11.8 Å². The van der Waals surface area contributed by atoms with Crippen molar-refractivity contribution in [1.29, 1.82) is 5.26 Å². The van der Waals surface area contributed by atoms with Gasteiger partial charge in [-0.25, -0.2) is 0 Å². The third-order valence-electron chi connectivity index (χ3n) is 1.76. The van der Waals surface area contributed by atoms with Crippen LogP contribution in [0.2, 0.25) is 0 Å². The van der Waals surface area contributed by atoms with Crippen LogP contribution in [0.15, 0.2) is 18.3 Å². The Balaban J connectivity index is 2.93. The molecule has 0 unspecified atom stereocenters. The Bertz CT molecular complexity index is 319. The molecule has 4 heteroatoms. The van der Waals surface area contributed by atoms with E-state index in [1.54, 1.807) is 18.3 Å². The molecule has 0 aliphatic heterocycles. The van der Waals surface area contributed by atoms with Crippen LogP contribution in [0.3, 0.4) is 0 Å². The van der Waals surface area contributed by atoms with Gasteiger partial charge in [-0.3, -0.25) is 4.98 Å². The summed E-state index contributed by atoms with van der Waals surface area (Å²) < 4.78 is 0. The Hall–Kier alpha value is -1.44. The van der Waals surface area contributed by atoms with Crippen LogP contribution in [0.1, 0.15) is 23.7 Å².